The molecule has 3 unspecified atom stereocenters. The van der Waals surface area contributed by atoms with Crippen molar-refractivity contribution in [3.05, 3.63) is 45.9 Å². The molecule has 1 saturated heterocycles. The van der Waals surface area contributed by atoms with E-state index in [0.29, 0.717) is 30.8 Å². The van der Waals surface area contributed by atoms with E-state index in [2.05, 4.69) is 10.1 Å². The van der Waals surface area contributed by atoms with Crippen LogP contribution in [0.1, 0.15) is 55.2 Å². The zero-order chi connectivity index (χ0) is 21.6. The molecule has 11 heteroatoms. The third kappa shape index (κ3) is 3.72. The van der Waals surface area contributed by atoms with Gasteiger partial charge in [-0.15, -0.1) is 0 Å². The molecule has 3 atom stereocenters. The Kier molecular flexibility index (Phi) is 5.15. The van der Waals surface area contributed by atoms with Gasteiger partial charge in [-0.05, 0) is 30.9 Å². The second-order valence-electron chi connectivity index (χ2n) is 7.88. The van der Waals surface area contributed by atoms with Crippen LogP contribution in [0.5, 0.6) is 0 Å². The Morgan fingerprint density at radius 2 is 2.00 bits per heavy atom. The molecule has 0 radical (unpaired) electrons. The van der Waals surface area contributed by atoms with Crippen LogP contribution in [0.4, 0.5) is 17.6 Å². The largest absolute Gasteiger partial charge is 0.433 e. The summed E-state index contributed by atoms with van der Waals surface area (Å²) in [5, 5.41) is 4.34. The van der Waals surface area contributed by atoms with Crippen molar-refractivity contribution < 1.29 is 22.4 Å². The lowest BCUT2D eigenvalue weighted by Crippen LogP contribution is -2.42. The van der Waals surface area contributed by atoms with E-state index in [1.165, 1.54) is 15.5 Å². The van der Waals surface area contributed by atoms with Crippen LogP contribution >= 0.6 is 0 Å². The maximum absolute atomic E-state index is 13.5. The molecule has 2 aliphatic rings. The first-order valence-corrected chi connectivity index (χ1v) is 9.79. The number of halogens is 4. The normalized spacial score (nSPS) is 24.2. The van der Waals surface area contributed by atoms with Crippen LogP contribution in [0.2, 0.25) is 0 Å². The van der Waals surface area contributed by atoms with E-state index in [1.54, 1.807) is 0 Å². The van der Waals surface area contributed by atoms with Crippen molar-refractivity contribution in [1.29, 1.82) is 0 Å². The van der Waals surface area contributed by atoms with Gasteiger partial charge in [-0.25, -0.2) is 13.9 Å². The van der Waals surface area contributed by atoms with Crippen LogP contribution in [0.15, 0.2) is 23.1 Å². The molecular formula is C19H21F4N5O2. The molecule has 4 rings (SSSR count). The van der Waals surface area contributed by atoms with Gasteiger partial charge in [-0.1, -0.05) is 13.0 Å². The van der Waals surface area contributed by atoms with Gasteiger partial charge in [-0.3, -0.25) is 14.3 Å². The number of likely N-dealkylation sites (tertiary alicyclic amines) is 1. The van der Waals surface area contributed by atoms with Gasteiger partial charge in [0.05, 0.1) is 13.1 Å². The van der Waals surface area contributed by atoms with Crippen LogP contribution < -0.4 is 5.69 Å². The average molecular weight is 427 g/mol. The van der Waals surface area contributed by atoms with Gasteiger partial charge in [0.1, 0.15) is 23.7 Å². The Balaban J connectivity index is 1.62. The van der Waals surface area contributed by atoms with Crippen LogP contribution in [0.25, 0.3) is 0 Å². The predicted octanol–water partition coefficient (Wildman–Crippen LogP) is 2.52. The highest BCUT2D eigenvalue weighted by Gasteiger charge is 2.38. The summed E-state index contributed by atoms with van der Waals surface area (Å²) < 4.78 is 54.1. The maximum Gasteiger partial charge on any atom is 0.433 e. The summed E-state index contributed by atoms with van der Waals surface area (Å²) >= 11 is 0. The molecule has 0 N–H and O–H groups in total. The third-order valence-electron chi connectivity index (χ3n) is 5.70. The summed E-state index contributed by atoms with van der Waals surface area (Å²) in [5.74, 6) is 0.114. The first-order valence-electron chi connectivity index (χ1n) is 9.79. The molecule has 4 heterocycles. The average Bonchev–Trinajstić information content (AvgIpc) is 3.26. The number of pyridine rings is 1. The third-order valence-corrected chi connectivity index (χ3v) is 5.70. The molecule has 0 aliphatic carbocycles. The van der Waals surface area contributed by atoms with E-state index < -0.39 is 29.8 Å². The number of nitrogens with zero attached hydrogens (tertiary/aromatic N) is 5. The van der Waals surface area contributed by atoms with Crippen molar-refractivity contribution in [2.45, 2.75) is 57.0 Å². The van der Waals surface area contributed by atoms with Gasteiger partial charge in [0, 0.05) is 18.7 Å². The van der Waals surface area contributed by atoms with E-state index in [0.717, 1.165) is 16.9 Å². The molecule has 0 aromatic carbocycles. The topological polar surface area (TPSA) is 73.0 Å². The Hall–Kier alpha value is -2.72. The molecule has 0 bridgehead atoms. The second-order valence-corrected chi connectivity index (χ2v) is 7.88. The Morgan fingerprint density at radius 1 is 1.23 bits per heavy atom. The summed E-state index contributed by atoms with van der Waals surface area (Å²) in [6, 6.07) is 1.36. The fourth-order valence-electron chi connectivity index (χ4n) is 4.06. The van der Waals surface area contributed by atoms with E-state index in [-0.39, 0.29) is 31.3 Å². The van der Waals surface area contributed by atoms with Crippen molar-refractivity contribution in [2.24, 2.45) is 0 Å². The maximum atomic E-state index is 13.5. The SMILES string of the molecule is CC1CCC(C(=O)N2CCC(F)C2)n2c1nn(Cc1ccc(C(F)(F)F)nc1)c2=O. The molecular weight excluding hydrogens is 406 g/mol. The van der Waals surface area contributed by atoms with Crippen molar-refractivity contribution in [3.8, 4) is 0 Å². The van der Waals surface area contributed by atoms with Crippen LogP contribution in [-0.2, 0) is 17.5 Å². The number of amides is 1. The summed E-state index contributed by atoms with van der Waals surface area (Å²) in [5.41, 5.74) is -1.14. The van der Waals surface area contributed by atoms with Crippen molar-refractivity contribution in [3.63, 3.8) is 0 Å². The predicted molar refractivity (Wildman–Crippen MR) is 97.6 cm³/mol. The highest BCUT2D eigenvalue weighted by atomic mass is 19.4. The van der Waals surface area contributed by atoms with E-state index >= 15 is 0 Å². The number of rotatable bonds is 3. The Morgan fingerprint density at radius 3 is 2.60 bits per heavy atom. The summed E-state index contributed by atoms with van der Waals surface area (Å²) in [6.45, 7) is 2.19. The van der Waals surface area contributed by atoms with Gasteiger partial charge in [0.15, 0.2) is 0 Å². The Bertz CT molecular complexity index is 998. The quantitative estimate of drug-likeness (QED) is 0.706. The van der Waals surface area contributed by atoms with E-state index in [4.69, 9.17) is 0 Å². The lowest BCUT2D eigenvalue weighted by molar-refractivity contribution is -0.141. The summed E-state index contributed by atoms with van der Waals surface area (Å²) in [6.07, 6.45) is -3.14. The highest BCUT2D eigenvalue weighted by molar-refractivity contribution is 5.81. The van der Waals surface area contributed by atoms with Crippen molar-refractivity contribution in [2.75, 3.05) is 13.1 Å². The lowest BCUT2D eigenvalue weighted by atomic mass is 9.95. The molecule has 7 nitrogen and oxygen atoms in total. The number of aromatic nitrogens is 4. The minimum Gasteiger partial charge on any atom is -0.338 e. The van der Waals surface area contributed by atoms with Crippen LogP contribution in [-0.4, -0.2) is 49.4 Å². The minimum absolute atomic E-state index is 0.0281. The number of carbonyl (C=O) groups is 1. The molecule has 162 valence electrons. The van der Waals surface area contributed by atoms with Gasteiger partial charge in [0.2, 0.25) is 5.91 Å². The standard InChI is InChI=1S/C19H21F4N5O2/c1-11-2-4-14(17(29)26-7-6-13(20)10-26)28-16(11)25-27(18(28)30)9-12-3-5-15(24-8-12)19(21,22)23/h3,5,8,11,13-14H,2,4,6-7,9-10H2,1H3. The van der Waals surface area contributed by atoms with Crippen molar-refractivity contribution >= 4 is 5.91 Å². The fourth-order valence-corrected chi connectivity index (χ4v) is 4.06. The van der Waals surface area contributed by atoms with Gasteiger partial charge in [-0.2, -0.15) is 18.3 Å². The molecule has 1 fully saturated rings. The first-order chi connectivity index (χ1) is 14.1. The molecule has 30 heavy (non-hydrogen) atoms. The van der Waals surface area contributed by atoms with Crippen molar-refractivity contribution in [1.82, 2.24) is 24.2 Å². The molecule has 2 aliphatic heterocycles. The number of fused-ring (bicyclic) bond motifs is 1. The van der Waals surface area contributed by atoms with Gasteiger partial charge < -0.3 is 4.90 Å². The van der Waals surface area contributed by atoms with Crippen LogP contribution in [0, 0.1) is 0 Å². The number of hydrogen-bond acceptors (Lipinski definition) is 4. The highest BCUT2D eigenvalue weighted by Crippen LogP contribution is 2.33. The summed E-state index contributed by atoms with van der Waals surface area (Å²) in [7, 11) is 0. The van der Waals surface area contributed by atoms with Gasteiger partial charge >= 0.3 is 11.9 Å². The van der Waals surface area contributed by atoms with Gasteiger partial charge in [0.25, 0.3) is 0 Å². The monoisotopic (exact) mass is 427 g/mol. The number of carbonyl (C=O) groups excluding carboxylic acids is 1. The molecule has 2 aromatic rings. The number of alkyl halides is 4. The second kappa shape index (κ2) is 7.51. The summed E-state index contributed by atoms with van der Waals surface area (Å²) in [4.78, 5) is 30.8. The first kappa shape index (κ1) is 20.5. The fraction of sp³-hybridized carbons (Fsp3) is 0.579. The molecule has 1 amide bonds. The Labute approximate surface area is 169 Å². The van der Waals surface area contributed by atoms with Crippen LogP contribution in [0.3, 0.4) is 0 Å². The molecule has 0 spiro atoms. The number of hydrogen-bond donors (Lipinski definition) is 0. The van der Waals surface area contributed by atoms with E-state index in [1.807, 2.05) is 6.92 Å². The zero-order valence-corrected chi connectivity index (χ0v) is 16.3. The minimum atomic E-state index is -4.54. The lowest BCUT2D eigenvalue weighted by Gasteiger charge is -2.29. The smallest absolute Gasteiger partial charge is 0.338 e. The molecule has 0 saturated carbocycles. The molecule has 2 aromatic heterocycles. The van der Waals surface area contributed by atoms with E-state index in [9.17, 15) is 27.2 Å². The zero-order valence-electron chi connectivity index (χ0n) is 16.3.